The van der Waals surface area contributed by atoms with Gasteiger partial charge in [-0.2, -0.15) is 0 Å². The van der Waals surface area contributed by atoms with Gasteiger partial charge in [-0.05, 0) is 36.4 Å². The predicted octanol–water partition coefficient (Wildman–Crippen LogP) is 1.79. The van der Waals surface area contributed by atoms with Crippen LogP contribution in [0.25, 0.3) is 0 Å². The first-order chi connectivity index (χ1) is 11.6. The molecule has 24 heavy (non-hydrogen) atoms. The Morgan fingerprint density at radius 3 is 1.75 bits per heavy atom. The summed E-state index contributed by atoms with van der Waals surface area (Å²) >= 11 is 0. The first-order valence-electron chi connectivity index (χ1n) is 7.47. The molecule has 0 saturated heterocycles. The van der Waals surface area contributed by atoms with E-state index in [9.17, 15) is 10.1 Å². The molecular weight excluding hydrogens is 308 g/mol. The van der Waals surface area contributed by atoms with Gasteiger partial charge in [-0.3, -0.25) is 10.1 Å². The average Bonchev–Trinajstić information content (AvgIpc) is 2.60. The Hall–Kier alpha value is -2.88. The topological polar surface area (TPSA) is 86.8 Å². The van der Waals surface area contributed by atoms with Gasteiger partial charge in [0.1, 0.15) is 0 Å². The van der Waals surface area contributed by atoms with E-state index in [0.717, 1.165) is 11.3 Å². The predicted molar refractivity (Wildman–Crippen MR) is 91.9 cm³/mol. The van der Waals surface area contributed by atoms with Crippen molar-refractivity contribution >= 4 is 11.4 Å². The molecule has 0 atom stereocenters. The number of nitro groups is 1. The third-order valence-corrected chi connectivity index (χ3v) is 3.40. The molecule has 0 aliphatic carbocycles. The van der Waals surface area contributed by atoms with Crippen LogP contribution in [-0.4, -0.2) is 41.4 Å². The van der Waals surface area contributed by atoms with E-state index in [1.165, 1.54) is 12.1 Å². The number of aliphatic hydroxyl groups excluding tert-OH is 2. The number of hydrogen-bond acceptors (Lipinski definition) is 5. The average molecular weight is 326 g/mol. The van der Waals surface area contributed by atoms with E-state index in [4.69, 9.17) is 10.2 Å². The first kappa shape index (κ1) is 17.5. The van der Waals surface area contributed by atoms with Crippen molar-refractivity contribution in [2.45, 2.75) is 0 Å². The summed E-state index contributed by atoms with van der Waals surface area (Å²) in [7, 11) is 0. The van der Waals surface area contributed by atoms with Crippen LogP contribution < -0.4 is 4.90 Å². The Morgan fingerprint density at radius 1 is 0.875 bits per heavy atom. The lowest BCUT2D eigenvalue weighted by Gasteiger charge is -2.22. The second-order valence-corrected chi connectivity index (χ2v) is 5.04. The lowest BCUT2D eigenvalue weighted by Crippen LogP contribution is -2.29. The fraction of sp³-hybridized carbons (Fsp3) is 0.222. The second kappa shape index (κ2) is 8.67. The van der Waals surface area contributed by atoms with Crippen molar-refractivity contribution < 1.29 is 15.1 Å². The van der Waals surface area contributed by atoms with E-state index in [1.807, 2.05) is 29.2 Å². The van der Waals surface area contributed by atoms with Crippen molar-refractivity contribution in [1.29, 1.82) is 0 Å². The highest BCUT2D eigenvalue weighted by atomic mass is 16.6. The smallest absolute Gasteiger partial charge is 0.269 e. The van der Waals surface area contributed by atoms with E-state index in [2.05, 4.69) is 11.8 Å². The molecule has 124 valence electrons. The molecule has 0 saturated carbocycles. The molecule has 2 aromatic carbocycles. The molecule has 6 nitrogen and oxygen atoms in total. The highest BCUT2D eigenvalue weighted by Crippen LogP contribution is 2.15. The number of rotatable bonds is 6. The van der Waals surface area contributed by atoms with Crippen LogP contribution in [0.15, 0.2) is 48.5 Å². The molecule has 0 aliphatic rings. The zero-order valence-electron chi connectivity index (χ0n) is 13.1. The van der Waals surface area contributed by atoms with Gasteiger partial charge in [0.05, 0.1) is 18.1 Å². The van der Waals surface area contributed by atoms with E-state index in [1.54, 1.807) is 12.1 Å². The van der Waals surface area contributed by atoms with Gasteiger partial charge in [0.15, 0.2) is 0 Å². The molecule has 2 rings (SSSR count). The third-order valence-electron chi connectivity index (χ3n) is 3.40. The van der Waals surface area contributed by atoms with Crippen LogP contribution in [0.3, 0.4) is 0 Å². The van der Waals surface area contributed by atoms with Crippen LogP contribution >= 0.6 is 0 Å². The van der Waals surface area contributed by atoms with Gasteiger partial charge in [-0.25, -0.2) is 0 Å². The molecular formula is C18H18N2O4. The molecule has 0 aliphatic heterocycles. The van der Waals surface area contributed by atoms with E-state index >= 15 is 0 Å². The summed E-state index contributed by atoms with van der Waals surface area (Å²) in [6.07, 6.45) is 0. The van der Waals surface area contributed by atoms with Crippen LogP contribution in [-0.2, 0) is 0 Å². The quantitative estimate of drug-likeness (QED) is 0.480. The summed E-state index contributed by atoms with van der Waals surface area (Å²) in [5.74, 6) is 5.96. The van der Waals surface area contributed by atoms with Gasteiger partial charge in [0, 0.05) is 42.0 Å². The molecule has 6 heteroatoms. The van der Waals surface area contributed by atoms with Crippen molar-refractivity contribution in [3.63, 3.8) is 0 Å². The van der Waals surface area contributed by atoms with Crippen LogP contribution in [0.1, 0.15) is 11.1 Å². The molecule has 2 N–H and O–H groups in total. The molecule has 0 aromatic heterocycles. The molecule has 0 unspecified atom stereocenters. The highest BCUT2D eigenvalue weighted by Gasteiger charge is 2.05. The van der Waals surface area contributed by atoms with Crippen LogP contribution in [0.4, 0.5) is 11.4 Å². The Labute approximate surface area is 140 Å². The molecule has 0 bridgehead atoms. The zero-order valence-corrected chi connectivity index (χ0v) is 13.1. The maximum Gasteiger partial charge on any atom is 0.269 e. The number of aliphatic hydroxyl groups is 2. The summed E-state index contributed by atoms with van der Waals surface area (Å²) in [4.78, 5) is 12.0. The molecule has 2 aromatic rings. The van der Waals surface area contributed by atoms with Gasteiger partial charge >= 0.3 is 0 Å². The van der Waals surface area contributed by atoms with Gasteiger partial charge in [0.25, 0.3) is 5.69 Å². The summed E-state index contributed by atoms with van der Waals surface area (Å²) in [6, 6.07) is 13.6. The highest BCUT2D eigenvalue weighted by molar-refractivity contribution is 5.52. The summed E-state index contributed by atoms with van der Waals surface area (Å²) in [5, 5.41) is 28.7. The normalized spacial score (nSPS) is 9.92. The standard InChI is InChI=1S/C18H18N2O4/c21-13-11-19(12-14-22)17-7-3-15(4-8-17)1-2-16-5-9-18(10-6-16)20(23)24/h3-10,21-22H,11-14H2. The van der Waals surface area contributed by atoms with Crippen molar-refractivity contribution in [2.75, 3.05) is 31.2 Å². The number of nitro benzene ring substituents is 1. The summed E-state index contributed by atoms with van der Waals surface area (Å²) < 4.78 is 0. The van der Waals surface area contributed by atoms with Crippen molar-refractivity contribution in [2.24, 2.45) is 0 Å². The fourth-order valence-electron chi connectivity index (χ4n) is 2.18. The van der Waals surface area contributed by atoms with Gasteiger partial charge in [0.2, 0.25) is 0 Å². The third kappa shape index (κ3) is 4.81. The Balaban J connectivity index is 2.10. The number of benzene rings is 2. The molecule has 0 heterocycles. The van der Waals surface area contributed by atoms with Crippen LogP contribution in [0.5, 0.6) is 0 Å². The van der Waals surface area contributed by atoms with E-state index in [-0.39, 0.29) is 18.9 Å². The monoisotopic (exact) mass is 326 g/mol. The Kier molecular flexibility index (Phi) is 6.32. The summed E-state index contributed by atoms with van der Waals surface area (Å²) in [6.45, 7) is 0.937. The minimum atomic E-state index is -0.444. The lowest BCUT2D eigenvalue weighted by atomic mass is 10.1. The van der Waals surface area contributed by atoms with Crippen LogP contribution in [0.2, 0.25) is 0 Å². The maximum atomic E-state index is 10.6. The number of hydrogen-bond donors (Lipinski definition) is 2. The summed E-state index contributed by atoms with van der Waals surface area (Å²) in [5.41, 5.74) is 2.45. The van der Waals surface area contributed by atoms with Crippen molar-refractivity contribution in [3.05, 3.63) is 69.8 Å². The van der Waals surface area contributed by atoms with Crippen molar-refractivity contribution in [1.82, 2.24) is 0 Å². The Morgan fingerprint density at radius 2 is 1.33 bits per heavy atom. The molecule has 0 amide bonds. The second-order valence-electron chi connectivity index (χ2n) is 5.04. The SMILES string of the molecule is O=[N+]([O-])c1ccc(C#Cc2ccc(N(CCO)CCO)cc2)cc1. The minimum Gasteiger partial charge on any atom is -0.395 e. The fourth-order valence-corrected chi connectivity index (χ4v) is 2.18. The minimum absolute atomic E-state index is 0.0156. The lowest BCUT2D eigenvalue weighted by molar-refractivity contribution is -0.384. The maximum absolute atomic E-state index is 10.6. The van der Waals surface area contributed by atoms with Gasteiger partial charge in [-0.1, -0.05) is 11.8 Å². The van der Waals surface area contributed by atoms with Crippen LogP contribution in [0, 0.1) is 22.0 Å². The van der Waals surface area contributed by atoms with Crippen molar-refractivity contribution in [3.8, 4) is 11.8 Å². The molecule has 0 spiro atoms. The zero-order chi connectivity index (χ0) is 17.4. The van der Waals surface area contributed by atoms with Gasteiger partial charge in [-0.15, -0.1) is 0 Å². The molecule has 0 fully saturated rings. The van der Waals surface area contributed by atoms with E-state index < -0.39 is 4.92 Å². The number of non-ortho nitro benzene ring substituents is 1. The largest absolute Gasteiger partial charge is 0.395 e. The van der Waals surface area contributed by atoms with E-state index in [0.29, 0.717) is 18.7 Å². The number of nitrogens with zero attached hydrogens (tertiary/aromatic N) is 2. The Bertz CT molecular complexity index is 724. The molecule has 0 radical (unpaired) electrons. The first-order valence-corrected chi connectivity index (χ1v) is 7.47. The number of anilines is 1. The van der Waals surface area contributed by atoms with Gasteiger partial charge < -0.3 is 15.1 Å².